The predicted octanol–water partition coefficient (Wildman–Crippen LogP) is 15.2. The standard InChI is InChI=1S/C57H35N3O/c1-3-19-44-36(13-1)15-10-25-47(44)48-21-5-6-22-50(48)57-59-55(58-56(60-57)49-26-11-16-37-14-2-4-20-45(37)49)43-18-9-17-38(35-43)39-29-30-41-34-42(32-31-40(41)33-39)46-24-12-28-53-54(46)51-23-7-8-27-52(51)61-53/h1-35H/i7D,8D,12D,23D,24D,27D,28D. The van der Waals surface area contributed by atoms with Gasteiger partial charge in [0.2, 0.25) is 0 Å². The Kier molecular flexibility index (Phi) is 6.61. The number of hydrogen-bond acceptors (Lipinski definition) is 4. The van der Waals surface area contributed by atoms with Crippen LogP contribution in [0.15, 0.2) is 217 Å². The summed E-state index contributed by atoms with van der Waals surface area (Å²) in [5.74, 6) is 1.65. The van der Waals surface area contributed by atoms with Gasteiger partial charge in [-0.3, -0.25) is 0 Å². The Morgan fingerprint density at radius 1 is 0.328 bits per heavy atom. The summed E-state index contributed by atoms with van der Waals surface area (Å²) in [5.41, 5.74) is 7.25. The molecule has 0 aliphatic heterocycles. The van der Waals surface area contributed by atoms with Crippen LogP contribution >= 0.6 is 0 Å². The van der Waals surface area contributed by atoms with Crippen LogP contribution in [0.1, 0.15) is 9.60 Å². The minimum absolute atomic E-state index is 0.0538. The third kappa shape index (κ3) is 6.04. The van der Waals surface area contributed by atoms with Crippen LogP contribution in [0.2, 0.25) is 0 Å². The first-order valence-electron chi connectivity index (χ1n) is 23.5. The SMILES string of the molecule is [2H]c1c([2H])c([2H])c2c(oc3c([2H])c([2H])c([2H])c(-c4ccc5cc(-c6cccc(-c7nc(-c8ccccc8-c8cccc9ccccc89)nc(-c8cccc9ccccc89)n7)c6)ccc5c4)c32)c1[2H]. The Morgan fingerprint density at radius 2 is 0.885 bits per heavy atom. The topological polar surface area (TPSA) is 51.8 Å². The van der Waals surface area contributed by atoms with Gasteiger partial charge in [-0.25, -0.2) is 15.0 Å². The van der Waals surface area contributed by atoms with Crippen LogP contribution in [0.25, 0.3) is 122 Å². The molecule has 0 unspecified atom stereocenters. The molecule has 0 bridgehead atoms. The van der Waals surface area contributed by atoms with Crippen molar-refractivity contribution in [3.8, 4) is 67.5 Å². The highest BCUT2D eigenvalue weighted by Crippen LogP contribution is 2.40. The van der Waals surface area contributed by atoms with Gasteiger partial charge < -0.3 is 4.42 Å². The lowest BCUT2D eigenvalue weighted by Gasteiger charge is -2.14. The van der Waals surface area contributed by atoms with Gasteiger partial charge in [0.25, 0.3) is 0 Å². The fraction of sp³-hybridized carbons (Fsp3) is 0. The van der Waals surface area contributed by atoms with Gasteiger partial charge in [0.1, 0.15) is 11.2 Å². The molecule has 10 aromatic carbocycles. The highest BCUT2D eigenvalue weighted by atomic mass is 16.3. The molecule has 2 aromatic heterocycles. The van der Waals surface area contributed by atoms with Crippen LogP contribution in [-0.2, 0) is 0 Å². The minimum Gasteiger partial charge on any atom is -0.456 e. The third-order valence-electron chi connectivity index (χ3n) is 11.4. The van der Waals surface area contributed by atoms with Crippen LogP contribution in [0, 0.1) is 0 Å². The monoisotopic (exact) mass is 784 g/mol. The van der Waals surface area contributed by atoms with Crippen molar-refractivity contribution in [2.45, 2.75) is 0 Å². The van der Waals surface area contributed by atoms with Crippen molar-refractivity contribution in [1.82, 2.24) is 15.0 Å². The summed E-state index contributed by atoms with van der Waals surface area (Å²) in [4.78, 5) is 15.6. The van der Waals surface area contributed by atoms with E-state index in [1.807, 2.05) is 72.8 Å². The lowest BCUT2D eigenvalue weighted by atomic mass is 9.94. The van der Waals surface area contributed by atoms with Crippen LogP contribution in [0.4, 0.5) is 0 Å². The summed E-state index contributed by atoms with van der Waals surface area (Å²) in [6.45, 7) is 0. The van der Waals surface area contributed by atoms with Crippen LogP contribution in [0.3, 0.4) is 0 Å². The van der Waals surface area contributed by atoms with Crippen molar-refractivity contribution in [2.24, 2.45) is 0 Å². The van der Waals surface area contributed by atoms with Gasteiger partial charge in [-0.15, -0.1) is 0 Å². The number of nitrogens with zero attached hydrogens (tertiary/aromatic N) is 3. The molecule has 0 spiro atoms. The highest BCUT2D eigenvalue weighted by Gasteiger charge is 2.19. The quantitative estimate of drug-likeness (QED) is 0.168. The fourth-order valence-corrected chi connectivity index (χ4v) is 8.53. The zero-order valence-corrected chi connectivity index (χ0v) is 32.4. The zero-order valence-electron chi connectivity index (χ0n) is 39.4. The van der Waals surface area contributed by atoms with Crippen molar-refractivity contribution >= 4 is 54.3 Å². The predicted molar refractivity (Wildman–Crippen MR) is 252 cm³/mol. The molecule has 0 atom stereocenters. The Balaban J connectivity index is 0.982. The van der Waals surface area contributed by atoms with Gasteiger partial charge in [-0.1, -0.05) is 182 Å². The van der Waals surface area contributed by atoms with E-state index < -0.39 is 12.1 Å². The number of rotatable bonds is 6. The largest absolute Gasteiger partial charge is 0.456 e. The molecule has 0 aliphatic rings. The second kappa shape index (κ2) is 14.3. The lowest BCUT2D eigenvalue weighted by molar-refractivity contribution is 0.669. The molecule has 0 saturated carbocycles. The van der Waals surface area contributed by atoms with Crippen LogP contribution < -0.4 is 0 Å². The Bertz CT molecular complexity index is 4080. The summed E-state index contributed by atoms with van der Waals surface area (Å²) < 4.78 is 66.0. The average Bonchev–Trinajstić information content (AvgIpc) is 3.79. The summed E-state index contributed by atoms with van der Waals surface area (Å²) in [6, 6.07) is 54.8. The molecule has 12 aromatic rings. The van der Waals surface area contributed by atoms with Gasteiger partial charge >= 0.3 is 0 Å². The number of fused-ring (bicyclic) bond motifs is 6. The van der Waals surface area contributed by atoms with E-state index in [-0.39, 0.29) is 57.7 Å². The molecular weight excluding hydrogens is 743 g/mol. The van der Waals surface area contributed by atoms with E-state index in [0.717, 1.165) is 71.3 Å². The first-order chi connectivity index (χ1) is 33.1. The van der Waals surface area contributed by atoms with Gasteiger partial charge in [0.15, 0.2) is 17.5 Å². The summed E-state index contributed by atoms with van der Waals surface area (Å²) in [7, 11) is 0. The van der Waals surface area contributed by atoms with Crippen molar-refractivity contribution in [3.63, 3.8) is 0 Å². The summed E-state index contributed by atoms with van der Waals surface area (Å²) in [5, 5.41) is 6.46. The van der Waals surface area contributed by atoms with E-state index in [0.29, 0.717) is 23.0 Å². The number of hydrogen-bond donors (Lipinski definition) is 0. The van der Waals surface area contributed by atoms with Gasteiger partial charge in [-0.2, -0.15) is 0 Å². The zero-order chi connectivity index (χ0) is 46.4. The second-order valence-electron chi connectivity index (χ2n) is 15.0. The van der Waals surface area contributed by atoms with Crippen molar-refractivity contribution < 1.29 is 14.0 Å². The molecular formula is C57H35N3O. The molecule has 61 heavy (non-hydrogen) atoms. The Hall–Kier alpha value is -8.21. The maximum absolute atomic E-state index is 9.02. The summed E-state index contributed by atoms with van der Waals surface area (Å²) >= 11 is 0. The van der Waals surface area contributed by atoms with E-state index in [1.54, 1.807) is 0 Å². The molecule has 4 nitrogen and oxygen atoms in total. The minimum atomic E-state index is -0.457. The van der Waals surface area contributed by atoms with Gasteiger partial charge in [0, 0.05) is 27.5 Å². The van der Waals surface area contributed by atoms with Crippen LogP contribution in [0.5, 0.6) is 0 Å². The molecule has 2 heterocycles. The fourth-order valence-electron chi connectivity index (χ4n) is 8.53. The molecule has 284 valence electrons. The van der Waals surface area contributed by atoms with E-state index in [1.165, 1.54) is 0 Å². The molecule has 0 saturated heterocycles. The van der Waals surface area contributed by atoms with Crippen molar-refractivity contribution in [1.29, 1.82) is 0 Å². The summed E-state index contributed by atoms with van der Waals surface area (Å²) in [6.07, 6.45) is 0. The lowest BCUT2D eigenvalue weighted by Crippen LogP contribution is -2.01. The van der Waals surface area contributed by atoms with Gasteiger partial charge in [0.05, 0.1) is 9.60 Å². The maximum atomic E-state index is 9.02. The number of benzene rings is 10. The van der Waals surface area contributed by atoms with E-state index >= 15 is 0 Å². The van der Waals surface area contributed by atoms with Gasteiger partial charge in [-0.05, 0) is 96.0 Å². The van der Waals surface area contributed by atoms with Crippen molar-refractivity contribution in [3.05, 3.63) is 212 Å². The molecule has 0 fully saturated rings. The first kappa shape index (κ1) is 28.3. The van der Waals surface area contributed by atoms with Crippen molar-refractivity contribution in [2.75, 3.05) is 0 Å². The number of furan rings is 1. The normalized spacial score (nSPS) is 13.2. The van der Waals surface area contributed by atoms with E-state index in [9.17, 15) is 0 Å². The number of para-hydroxylation sites is 1. The average molecular weight is 785 g/mol. The molecule has 0 aliphatic carbocycles. The molecule has 12 rings (SSSR count). The molecule has 0 N–H and O–H groups in total. The van der Waals surface area contributed by atoms with E-state index in [2.05, 4.69) is 97.1 Å². The van der Waals surface area contributed by atoms with Crippen LogP contribution in [-0.4, -0.2) is 15.0 Å². The molecule has 4 heteroatoms. The Labute approximate surface area is 361 Å². The molecule has 0 amide bonds. The number of aromatic nitrogens is 3. The second-order valence-corrected chi connectivity index (χ2v) is 15.0. The highest BCUT2D eigenvalue weighted by molar-refractivity contribution is 6.13. The third-order valence-corrected chi connectivity index (χ3v) is 11.4. The van der Waals surface area contributed by atoms with E-state index in [4.69, 9.17) is 29.0 Å². The smallest absolute Gasteiger partial charge is 0.164 e. The first-order valence-corrected chi connectivity index (χ1v) is 20.0. The maximum Gasteiger partial charge on any atom is 0.164 e. The molecule has 0 radical (unpaired) electrons. The Morgan fingerprint density at radius 3 is 1.70 bits per heavy atom.